The summed E-state index contributed by atoms with van der Waals surface area (Å²) in [5, 5.41) is 2.45. The average molecular weight is 272 g/mol. The minimum absolute atomic E-state index is 0.331. The fourth-order valence-electron chi connectivity index (χ4n) is 0.950. The van der Waals surface area contributed by atoms with E-state index in [0.29, 0.717) is 5.56 Å². The molecule has 1 amide bonds. The number of alkyl halides is 1. The van der Waals surface area contributed by atoms with Gasteiger partial charge in [-0.05, 0) is 12.1 Å². The standard InChI is InChI=1S/C10H10BrNO3/c1-15-10(14)8(11)12-9(13)7-5-3-2-4-6-7/h2-6,8H,1H3,(H,12,13). The highest BCUT2D eigenvalue weighted by molar-refractivity contribution is 9.10. The maximum Gasteiger partial charge on any atom is 0.339 e. The van der Waals surface area contributed by atoms with E-state index in [1.807, 2.05) is 6.07 Å². The Morgan fingerprint density at radius 3 is 2.47 bits per heavy atom. The van der Waals surface area contributed by atoms with E-state index in [1.54, 1.807) is 24.3 Å². The van der Waals surface area contributed by atoms with Crippen LogP contribution >= 0.6 is 15.9 Å². The van der Waals surface area contributed by atoms with Gasteiger partial charge in [-0.15, -0.1) is 0 Å². The Hall–Kier alpha value is -1.36. The van der Waals surface area contributed by atoms with Crippen molar-refractivity contribution >= 4 is 27.8 Å². The Balaban J connectivity index is 2.61. The lowest BCUT2D eigenvalue weighted by atomic mass is 10.2. The van der Waals surface area contributed by atoms with Gasteiger partial charge in [0.2, 0.25) is 0 Å². The number of carbonyl (C=O) groups excluding carboxylic acids is 2. The van der Waals surface area contributed by atoms with E-state index in [-0.39, 0.29) is 5.91 Å². The first-order valence-corrected chi connectivity index (χ1v) is 5.14. The highest BCUT2D eigenvalue weighted by Gasteiger charge is 2.17. The molecule has 1 rings (SSSR count). The predicted octanol–water partition coefficient (Wildman–Crippen LogP) is 1.31. The van der Waals surface area contributed by atoms with Crippen molar-refractivity contribution in [3.05, 3.63) is 35.9 Å². The van der Waals surface area contributed by atoms with Crippen molar-refractivity contribution in [2.24, 2.45) is 0 Å². The van der Waals surface area contributed by atoms with Crippen molar-refractivity contribution in [1.29, 1.82) is 0 Å². The molecule has 5 heteroatoms. The minimum Gasteiger partial charge on any atom is -0.467 e. The Morgan fingerprint density at radius 1 is 1.33 bits per heavy atom. The summed E-state index contributed by atoms with van der Waals surface area (Å²) in [7, 11) is 1.26. The summed E-state index contributed by atoms with van der Waals surface area (Å²) >= 11 is 2.99. The van der Waals surface area contributed by atoms with E-state index < -0.39 is 10.9 Å². The quantitative estimate of drug-likeness (QED) is 0.513. The summed E-state index contributed by atoms with van der Waals surface area (Å²) in [6.45, 7) is 0. The first-order chi connectivity index (χ1) is 7.15. The normalized spacial score (nSPS) is 11.6. The molecule has 0 aliphatic rings. The van der Waals surface area contributed by atoms with E-state index in [0.717, 1.165) is 0 Å². The number of methoxy groups -OCH3 is 1. The molecule has 80 valence electrons. The highest BCUT2D eigenvalue weighted by Crippen LogP contribution is 2.02. The number of benzene rings is 1. The molecule has 1 aromatic rings. The summed E-state index contributed by atoms with van der Waals surface area (Å²) in [5.41, 5.74) is 0.492. The molecule has 0 aliphatic carbocycles. The summed E-state index contributed by atoms with van der Waals surface area (Å²) in [5.74, 6) is -0.873. The summed E-state index contributed by atoms with van der Waals surface area (Å²) in [6.07, 6.45) is 0. The smallest absolute Gasteiger partial charge is 0.339 e. The van der Waals surface area contributed by atoms with Crippen LogP contribution in [0.3, 0.4) is 0 Å². The van der Waals surface area contributed by atoms with Crippen LogP contribution in [0, 0.1) is 0 Å². The molecule has 15 heavy (non-hydrogen) atoms. The Kier molecular flexibility index (Phi) is 4.30. The maximum absolute atomic E-state index is 11.5. The third-order valence-corrected chi connectivity index (χ3v) is 2.30. The number of nitrogens with one attached hydrogen (secondary N) is 1. The van der Waals surface area contributed by atoms with E-state index in [9.17, 15) is 9.59 Å². The molecule has 0 heterocycles. The fraction of sp³-hybridized carbons (Fsp3) is 0.200. The van der Waals surface area contributed by atoms with Gasteiger partial charge in [-0.25, -0.2) is 4.79 Å². The molecule has 0 spiro atoms. The van der Waals surface area contributed by atoms with Crippen LogP contribution in [-0.4, -0.2) is 23.9 Å². The lowest BCUT2D eigenvalue weighted by Gasteiger charge is -2.09. The van der Waals surface area contributed by atoms with Gasteiger partial charge in [0.05, 0.1) is 7.11 Å². The van der Waals surface area contributed by atoms with Crippen LogP contribution < -0.4 is 5.32 Å². The van der Waals surface area contributed by atoms with Crippen LogP contribution in [-0.2, 0) is 9.53 Å². The Morgan fingerprint density at radius 2 is 1.93 bits per heavy atom. The van der Waals surface area contributed by atoms with Gasteiger partial charge in [-0.1, -0.05) is 34.1 Å². The number of ether oxygens (including phenoxy) is 1. The van der Waals surface area contributed by atoms with Gasteiger partial charge in [0, 0.05) is 5.56 Å². The third-order valence-electron chi connectivity index (χ3n) is 1.70. The van der Waals surface area contributed by atoms with Gasteiger partial charge in [-0.2, -0.15) is 0 Å². The van der Waals surface area contributed by atoms with Crippen LogP contribution in [0.1, 0.15) is 10.4 Å². The van der Waals surface area contributed by atoms with E-state index >= 15 is 0 Å². The zero-order valence-corrected chi connectivity index (χ0v) is 9.65. The number of halogens is 1. The minimum atomic E-state index is -0.824. The molecule has 1 aromatic carbocycles. The van der Waals surface area contributed by atoms with Gasteiger partial charge >= 0.3 is 5.97 Å². The number of carbonyl (C=O) groups is 2. The van der Waals surface area contributed by atoms with Crippen LogP contribution in [0.25, 0.3) is 0 Å². The highest BCUT2D eigenvalue weighted by atomic mass is 79.9. The van der Waals surface area contributed by atoms with Crippen LogP contribution in [0.2, 0.25) is 0 Å². The molecule has 0 bridgehead atoms. The van der Waals surface area contributed by atoms with Crippen LogP contribution in [0.15, 0.2) is 30.3 Å². The Labute approximate surface area is 95.7 Å². The van der Waals surface area contributed by atoms with E-state index in [1.165, 1.54) is 7.11 Å². The van der Waals surface area contributed by atoms with Crippen molar-refractivity contribution in [2.75, 3.05) is 7.11 Å². The Bertz CT molecular complexity index is 353. The molecule has 0 aliphatic heterocycles. The maximum atomic E-state index is 11.5. The lowest BCUT2D eigenvalue weighted by molar-refractivity contribution is -0.140. The van der Waals surface area contributed by atoms with E-state index in [2.05, 4.69) is 26.0 Å². The largest absolute Gasteiger partial charge is 0.467 e. The third kappa shape index (κ3) is 3.36. The molecule has 0 saturated heterocycles. The van der Waals surface area contributed by atoms with Crippen molar-refractivity contribution < 1.29 is 14.3 Å². The molecule has 0 fully saturated rings. The van der Waals surface area contributed by atoms with Gasteiger partial charge < -0.3 is 10.1 Å². The SMILES string of the molecule is COC(=O)C(Br)NC(=O)c1ccccc1. The number of rotatable bonds is 3. The number of hydrogen-bond donors (Lipinski definition) is 1. The molecule has 0 aromatic heterocycles. The second-order valence-electron chi connectivity index (χ2n) is 2.73. The van der Waals surface area contributed by atoms with Crippen molar-refractivity contribution in [1.82, 2.24) is 5.32 Å². The predicted molar refractivity (Wildman–Crippen MR) is 58.6 cm³/mol. The lowest BCUT2D eigenvalue weighted by Crippen LogP contribution is -2.36. The summed E-state index contributed by atoms with van der Waals surface area (Å²) in [6, 6.07) is 8.62. The van der Waals surface area contributed by atoms with Gasteiger partial charge in [0.1, 0.15) is 0 Å². The second-order valence-corrected chi connectivity index (χ2v) is 3.64. The molecule has 1 unspecified atom stereocenters. The van der Waals surface area contributed by atoms with Crippen molar-refractivity contribution in [2.45, 2.75) is 4.95 Å². The topological polar surface area (TPSA) is 55.4 Å². The first-order valence-electron chi connectivity index (χ1n) is 4.23. The summed E-state index contributed by atoms with van der Waals surface area (Å²) < 4.78 is 4.45. The molecule has 0 saturated carbocycles. The zero-order chi connectivity index (χ0) is 11.3. The monoisotopic (exact) mass is 271 g/mol. The molecular weight excluding hydrogens is 262 g/mol. The molecule has 4 nitrogen and oxygen atoms in total. The van der Waals surface area contributed by atoms with E-state index in [4.69, 9.17) is 0 Å². The average Bonchev–Trinajstić information content (AvgIpc) is 2.29. The van der Waals surface area contributed by atoms with Crippen molar-refractivity contribution in [3.8, 4) is 0 Å². The summed E-state index contributed by atoms with van der Waals surface area (Å²) in [4.78, 5) is 21.7. The second kappa shape index (κ2) is 5.50. The number of amides is 1. The number of esters is 1. The van der Waals surface area contributed by atoms with Gasteiger partial charge in [0.15, 0.2) is 4.95 Å². The zero-order valence-electron chi connectivity index (χ0n) is 8.07. The first kappa shape index (κ1) is 11.7. The van der Waals surface area contributed by atoms with Gasteiger partial charge in [0.25, 0.3) is 5.91 Å². The van der Waals surface area contributed by atoms with Crippen LogP contribution in [0.5, 0.6) is 0 Å². The van der Waals surface area contributed by atoms with Crippen molar-refractivity contribution in [3.63, 3.8) is 0 Å². The molecule has 1 N–H and O–H groups in total. The number of hydrogen-bond acceptors (Lipinski definition) is 3. The fourth-order valence-corrected chi connectivity index (χ4v) is 1.35. The molecular formula is C10H10BrNO3. The molecule has 1 atom stereocenters. The molecule has 0 radical (unpaired) electrons. The van der Waals surface area contributed by atoms with Crippen LogP contribution in [0.4, 0.5) is 0 Å². The van der Waals surface area contributed by atoms with Gasteiger partial charge in [-0.3, -0.25) is 4.79 Å².